The largest absolute Gasteiger partial charge is 0.496 e. The second kappa shape index (κ2) is 6.80. The molecule has 1 aliphatic rings. The predicted octanol–water partition coefficient (Wildman–Crippen LogP) is 3.29. The van der Waals surface area contributed by atoms with Crippen LogP contribution >= 0.6 is 0 Å². The highest BCUT2D eigenvalue weighted by molar-refractivity contribution is 5.50. The predicted molar refractivity (Wildman–Crippen MR) is 77.7 cm³/mol. The first-order chi connectivity index (χ1) is 9.30. The van der Waals surface area contributed by atoms with E-state index in [1.165, 1.54) is 37.7 Å². The van der Waals surface area contributed by atoms with E-state index >= 15 is 0 Å². The Morgan fingerprint density at radius 3 is 2.42 bits per heavy atom. The molecule has 0 heterocycles. The van der Waals surface area contributed by atoms with Gasteiger partial charge >= 0.3 is 0 Å². The van der Waals surface area contributed by atoms with Crippen molar-refractivity contribution in [2.24, 2.45) is 11.7 Å². The number of rotatable bonds is 5. The van der Waals surface area contributed by atoms with Gasteiger partial charge in [0.15, 0.2) is 0 Å². The summed E-state index contributed by atoms with van der Waals surface area (Å²) < 4.78 is 11.0. The maximum absolute atomic E-state index is 5.84. The summed E-state index contributed by atoms with van der Waals surface area (Å²) in [6, 6.07) is 4.15. The number of hydrogen-bond acceptors (Lipinski definition) is 3. The van der Waals surface area contributed by atoms with Gasteiger partial charge in [-0.1, -0.05) is 38.2 Å². The molecule has 1 aliphatic carbocycles. The Morgan fingerprint density at radius 2 is 1.84 bits per heavy atom. The fraction of sp³-hybridized carbons (Fsp3) is 0.625. The van der Waals surface area contributed by atoms with E-state index in [-0.39, 0.29) is 0 Å². The maximum Gasteiger partial charge on any atom is 0.130 e. The first kappa shape index (κ1) is 14.2. The molecular weight excluding hydrogens is 238 g/mol. The minimum atomic E-state index is 0.449. The van der Waals surface area contributed by atoms with Crippen LogP contribution in [0.1, 0.15) is 43.2 Å². The molecule has 3 heteroatoms. The number of ether oxygens (including phenoxy) is 2. The second-order valence-corrected chi connectivity index (χ2v) is 5.35. The van der Waals surface area contributed by atoms with Crippen LogP contribution in [-0.4, -0.2) is 14.2 Å². The summed E-state index contributed by atoms with van der Waals surface area (Å²) in [6.45, 7) is 0.449. The third-order valence-corrected chi connectivity index (χ3v) is 4.16. The van der Waals surface area contributed by atoms with Crippen LogP contribution in [0.4, 0.5) is 0 Å². The molecule has 0 unspecified atom stereocenters. The van der Waals surface area contributed by atoms with Crippen LogP contribution in [0.5, 0.6) is 11.5 Å². The molecule has 0 saturated heterocycles. The highest BCUT2D eigenvalue weighted by Crippen LogP contribution is 2.35. The molecule has 1 aromatic carbocycles. The van der Waals surface area contributed by atoms with Crippen LogP contribution in [0.15, 0.2) is 12.1 Å². The molecule has 0 bridgehead atoms. The molecule has 1 saturated carbocycles. The van der Waals surface area contributed by atoms with Crippen molar-refractivity contribution < 1.29 is 9.47 Å². The molecule has 0 aromatic heterocycles. The van der Waals surface area contributed by atoms with Crippen molar-refractivity contribution in [3.05, 3.63) is 23.3 Å². The molecule has 1 fully saturated rings. The Morgan fingerprint density at radius 1 is 1.11 bits per heavy atom. The molecule has 106 valence electrons. The fourth-order valence-electron chi connectivity index (χ4n) is 3.16. The van der Waals surface area contributed by atoms with Gasteiger partial charge < -0.3 is 15.2 Å². The van der Waals surface area contributed by atoms with E-state index in [1.54, 1.807) is 14.2 Å². The van der Waals surface area contributed by atoms with Gasteiger partial charge in [-0.25, -0.2) is 0 Å². The van der Waals surface area contributed by atoms with Crippen LogP contribution in [0.2, 0.25) is 0 Å². The van der Waals surface area contributed by atoms with Crippen LogP contribution in [0.3, 0.4) is 0 Å². The highest BCUT2D eigenvalue weighted by Gasteiger charge is 2.19. The highest BCUT2D eigenvalue weighted by atomic mass is 16.5. The summed E-state index contributed by atoms with van der Waals surface area (Å²) >= 11 is 0. The maximum atomic E-state index is 5.84. The third kappa shape index (κ3) is 3.21. The lowest BCUT2D eigenvalue weighted by molar-refractivity contribution is 0.344. The first-order valence-electron chi connectivity index (χ1n) is 7.23. The van der Waals surface area contributed by atoms with E-state index < -0.39 is 0 Å². The Bertz CT molecular complexity index is 411. The SMILES string of the molecule is COc1ccc(CC2CCCCC2)c(OC)c1CN. The van der Waals surface area contributed by atoms with Crippen LogP contribution in [0.25, 0.3) is 0 Å². The zero-order valence-electron chi connectivity index (χ0n) is 12.1. The van der Waals surface area contributed by atoms with Crippen LogP contribution in [-0.2, 0) is 13.0 Å². The Kier molecular flexibility index (Phi) is 5.08. The van der Waals surface area contributed by atoms with Gasteiger partial charge in [-0.3, -0.25) is 0 Å². The van der Waals surface area contributed by atoms with Crippen LogP contribution < -0.4 is 15.2 Å². The minimum Gasteiger partial charge on any atom is -0.496 e. The topological polar surface area (TPSA) is 44.5 Å². The Hall–Kier alpha value is -1.22. The molecule has 2 rings (SSSR count). The first-order valence-corrected chi connectivity index (χ1v) is 7.23. The summed E-state index contributed by atoms with van der Waals surface area (Å²) in [5.41, 5.74) is 8.10. The summed E-state index contributed by atoms with van der Waals surface area (Å²) in [4.78, 5) is 0. The number of nitrogens with two attached hydrogens (primary N) is 1. The average molecular weight is 263 g/mol. The number of methoxy groups -OCH3 is 2. The van der Waals surface area contributed by atoms with E-state index in [9.17, 15) is 0 Å². The molecule has 0 spiro atoms. The monoisotopic (exact) mass is 263 g/mol. The van der Waals surface area contributed by atoms with Gasteiger partial charge in [0.2, 0.25) is 0 Å². The molecule has 0 amide bonds. The average Bonchev–Trinajstić information content (AvgIpc) is 2.47. The van der Waals surface area contributed by atoms with E-state index in [2.05, 4.69) is 6.07 Å². The summed E-state index contributed by atoms with van der Waals surface area (Å²) in [7, 11) is 3.40. The van der Waals surface area contributed by atoms with Gasteiger partial charge in [-0.2, -0.15) is 0 Å². The lowest BCUT2D eigenvalue weighted by Crippen LogP contribution is -2.12. The third-order valence-electron chi connectivity index (χ3n) is 4.16. The van der Waals surface area contributed by atoms with E-state index in [4.69, 9.17) is 15.2 Å². The van der Waals surface area contributed by atoms with Crippen molar-refractivity contribution in [2.75, 3.05) is 14.2 Å². The standard InChI is InChI=1S/C16H25NO2/c1-18-15-9-8-13(16(19-2)14(15)11-17)10-12-6-4-3-5-7-12/h8-9,12H,3-7,10-11,17H2,1-2H3. The van der Waals surface area contributed by atoms with Gasteiger partial charge in [0.25, 0.3) is 0 Å². The van der Waals surface area contributed by atoms with Gasteiger partial charge in [0.05, 0.1) is 14.2 Å². The second-order valence-electron chi connectivity index (χ2n) is 5.35. The quantitative estimate of drug-likeness (QED) is 0.886. The fourth-order valence-corrected chi connectivity index (χ4v) is 3.16. The van der Waals surface area contributed by atoms with Crippen molar-refractivity contribution in [3.8, 4) is 11.5 Å². The normalized spacial score (nSPS) is 16.4. The number of benzene rings is 1. The lowest BCUT2D eigenvalue weighted by atomic mass is 9.84. The van der Waals surface area contributed by atoms with Crippen LogP contribution in [0, 0.1) is 5.92 Å². The van der Waals surface area contributed by atoms with Gasteiger partial charge in [0.1, 0.15) is 11.5 Å². The van der Waals surface area contributed by atoms with Crippen molar-refractivity contribution in [3.63, 3.8) is 0 Å². The molecule has 3 nitrogen and oxygen atoms in total. The summed E-state index contributed by atoms with van der Waals surface area (Å²) in [5.74, 6) is 2.54. The zero-order chi connectivity index (χ0) is 13.7. The molecule has 1 aromatic rings. The molecule has 0 aliphatic heterocycles. The van der Waals surface area contributed by atoms with Gasteiger partial charge in [-0.05, 0) is 24.0 Å². The Labute approximate surface area is 116 Å². The summed E-state index contributed by atoms with van der Waals surface area (Å²) in [5, 5.41) is 0. The Balaban J connectivity index is 2.23. The molecule has 0 atom stereocenters. The van der Waals surface area contributed by atoms with Gasteiger partial charge in [0, 0.05) is 12.1 Å². The molecule has 0 radical (unpaired) electrons. The van der Waals surface area contributed by atoms with E-state index in [1.807, 2.05) is 6.07 Å². The van der Waals surface area contributed by atoms with E-state index in [0.29, 0.717) is 6.54 Å². The van der Waals surface area contributed by atoms with E-state index in [0.717, 1.165) is 29.4 Å². The number of hydrogen-bond donors (Lipinski definition) is 1. The smallest absolute Gasteiger partial charge is 0.130 e. The molecule has 2 N–H and O–H groups in total. The van der Waals surface area contributed by atoms with Gasteiger partial charge in [-0.15, -0.1) is 0 Å². The van der Waals surface area contributed by atoms with Crippen molar-refractivity contribution >= 4 is 0 Å². The lowest BCUT2D eigenvalue weighted by Gasteiger charge is -2.23. The van der Waals surface area contributed by atoms with Crippen molar-refractivity contribution in [1.82, 2.24) is 0 Å². The zero-order valence-corrected chi connectivity index (χ0v) is 12.1. The van der Waals surface area contributed by atoms with Crippen molar-refractivity contribution in [1.29, 1.82) is 0 Å². The summed E-state index contributed by atoms with van der Waals surface area (Å²) in [6.07, 6.45) is 7.91. The minimum absolute atomic E-state index is 0.449. The van der Waals surface area contributed by atoms with Crippen molar-refractivity contribution in [2.45, 2.75) is 45.1 Å². The molecular formula is C16H25NO2. The molecule has 19 heavy (non-hydrogen) atoms.